The van der Waals surface area contributed by atoms with E-state index in [0.717, 1.165) is 9.15 Å². The van der Waals surface area contributed by atoms with Crippen LogP contribution in [0, 0.1) is 0 Å². The summed E-state index contributed by atoms with van der Waals surface area (Å²) in [5, 5.41) is 14.1. The van der Waals surface area contributed by atoms with Gasteiger partial charge in [-0.05, 0) is 36.4 Å². The molecule has 1 N–H and O–H groups in total. The van der Waals surface area contributed by atoms with E-state index >= 15 is 0 Å². The predicted molar refractivity (Wildman–Crippen MR) is 91.8 cm³/mol. The third kappa shape index (κ3) is 4.12. The molecule has 3 rings (SSSR count). The minimum absolute atomic E-state index is 0.00824. The summed E-state index contributed by atoms with van der Waals surface area (Å²) in [5.74, 6) is 0.243. The van der Waals surface area contributed by atoms with Crippen LogP contribution in [0.3, 0.4) is 0 Å². The zero-order valence-electron chi connectivity index (χ0n) is 12.6. The Morgan fingerprint density at radius 3 is 2.58 bits per heavy atom. The lowest BCUT2D eigenvalue weighted by Gasteiger charge is -2.11. The molecule has 7 heteroatoms. The molecule has 1 atom stereocenters. The molecule has 6 nitrogen and oxygen atoms in total. The molecule has 0 aliphatic carbocycles. The van der Waals surface area contributed by atoms with Gasteiger partial charge in [0, 0.05) is 10.0 Å². The van der Waals surface area contributed by atoms with Gasteiger partial charge in [0.2, 0.25) is 5.89 Å². The highest BCUT2D eigenvalue weighted by atomic mass is 79.9. The predicted octanol–water partition coefficient (Wildman–Crippen LogP) is 2.71. The fourth-order valence-corrected chi connectivity index (χ4v) is 2.36. The first-order valence-electron chi connectivity index (χ1n) is 7.31. The van der Waals surface area contributed by atoms with E-state index in [1.807, 2.05) is 30.3 Å². The molecule has 3 aromatic rings. The van der Waals surface area contributed by atoms with Crippen molar-refractivity contribution in [3.63, 3.8) is 0 Å². The van der Waals surface area contributed by atoms with Gasteiger partial charge in [0.25, 0.3) is 0 Å². The van der Waals surface area contributed by atoms with Crippen LogP contribution in [0.15, 0.2) is 68.3 Å². The smallest absolute Gasteiger partial charge is 0.437 e. The highest BCUT2D eigenvalue weighted by Crippen LogP contribution is 2.16. The molecule has 1 unspecified atom stereocenters. The number of nitrogens with zero attached hydrogens (tertiary/aromatic N) is 2. The largest absolute Gasteiger partial charge is 0.491 e. The number of halogens is 1. The van der Waals surface area contributed by atoms with Gasteiger partial charge < -0.3 is 14.3 Å². The molecular formula is C17H15BrN2O4. The zero-order chi connectivity index (χ0) is 16.9. The number of hydrogen-bond acceptors (Lipinski definition) is 5. The fourth-order valence-electron chi connectivity index (χ4n) is 2.09. The first-order valence-corrected chi connectivity index (χ1v) is 8.11. The Balaban J connectivity index is 1.62. The van der Waals surface area contributed by atoms with Crippen LogP contribution >= 0.6 is 15.9 Å². The molecule has 0 spiro atoms. The van der Waals surface area contributed by atoms with Crippen LogP contribution in [0.5, 0.6) is 5.75 Å². The maximum atomic E-state index is 11.8. The van der Waals surface area contributed by atoms with Crippen LogP contribution in [0.1, 0.15) is 0 Å². The molecule has 0 bridgehead atoms. The van der Waals surface area contributed by atoms with Crippen molar-refractivity contribution in [3.8, 4) is 17.2 Å². The average Bonchev–Trinajstić information content (AvgIpc) is 2.96. The van der Waals surface area contributed by atoms with Gasteiger partial charge in [-0.3, -0.25) is 0 Å². The Kier molecular flexibility index (Phi) is 5.12. The van der Waals surface area contributed by atoms with Crippen molar-refractivity contribution in [2.45, 2.75) is 12.6 Å². The first-order chi connectivity index (χ1) is 11.6. The monoisotopic (exact) mass is 390 g/mol. The Morgan fingerprint density at radius 2 is 1.88 bits per heavy atom. The van der Waals surface area contributed by atoms with Gasteiger partial charge in [0.05, 0.1) is 6.54 Å². The van der Waals surface area contributed by atoms with Gasteiger partial charge >= 0.3 is 5.76 Å². The van der Waals surface area contributed by atoms with E-state index in [4.69, 9.17) is 9.15 Å². The van der Waals surface area contributed by atoms with Crippen LogP contribution in [-0.4, -0.2) is 27.6 Å². The van der Waals surface area contributed by atoms with Gasteiger partial charge in [-0.1, -0.05) is 34.1 Å². The van der Waals surface area contributed by atoms with Crippen molar-refractivity contribution in [1.29, 1.82) is 0 Å². The lowest BCUT2D eigenvalue weighted by molar-refractivity contribution is 0.0875. The molecule has 0 amide bonds. The molecule has 0 aliphatic heterocycles. The standard InChI is InChI=1S/C17H15BrN2O4/c18-13-6-8-15(9-7-13)23-11-14(21)10-20-17(22)24-16(19-20)12-4-2-1-3-5-12/h1-9,14,21H,10-11H2. The summed E-state index contributed by atoms with van der Waals surface area (Å²) < 4.78 is 12.6. The normalized spacial score (nSPS) is 12.1. The van der Waals surface area contributed by atoms with Crippen molar-refractivity contribution < 1.29 is 14.3 Å². The topological polar surface area (TPSA) is 77.5 Å². The molecule has 0 fully saturated rings. The minimum atomic E-state index is -0.889. The number of rotatable bonds is 6. The van der Waals surface area contributed by atoms with Gasteiger partial charge in [-0.25, -0.2) is 4.79 Å². The number of aliphatic hydroxyl groups is 1. The number of aliphatic hydroxyl groups excluding tert-OH is 1. The van der Waals surface area contributed by atoms with E-state index in [0.29, 0.717) is 11.3 Å². The Morgan fingerprint density at radius 1 is 1.17 bits per heavy atom. The van der Waals surface area contributed by atoms with Crippen molar-refractivity contribution in [3.05, 3.63) is 69.6 Å². The van der Waals surface area contributed by atoms with Gasteiger partial charge in [0.15, 0.2) is 0 Å². The Labute approximate surface area is 146 Å². The quantitative estimate of drug-likeness (QED) is 0.699. The lowest BCUT2D eigenvalue weighted by Crippen LogP contribution is -2.29. The summed E-state index contributed by atoms with van der Waals surface area (Å²) in [6, 6.07) is 16.4. The van der Waals surface area contributed by atoms with Crippen molar-refractivity contribution in [2.75, 3.05) is 6.61 Å². The summed E-state index contributed by atoms with van der Waals surface area (Å²) in [6.45, 7) is 0.0350. The number of aromatic nitrogens is 2. The second-order valence-corrected chi connectivity index (χ2v) is 6.06. The van der Waals surface area contributed by atoms with E-state index in [1.54, 1.807) is 24.3 Å². The second kappa shape index (κ2) is 7.46. The van der Waals surface area contributed by atoms with Crippen LogP contribution in [-0.2, 0) is 6.54 Å². The van der Waals surface area contributed by atoms with Gasteiger partial charge in [-0.2, -0.15) is 4.68 Å². The zero-order valence-corrected chi connectivity index (χ0v) is 14.2. The van der Waals surface area contributed by atoms with E-state index in [9.17, 15) is 9.90 Å². The molecule has 24 heavy (non-hydrogen) atoms. The summed E-state index contributed by atoms with van der Waals surface area (Å²) in [5.41, 5.74) is 0.703. The average molecular weight is 391 g/mol. The second-order valence-electron chi connectivity index (χ2n) is 5.14. The number of benzene rings is 2. The van der Waals surface area contributed by atoms with E-state index in [-0.39, 0.29) is 19.0 Å². The molecule has 0 aliphatic rings. The maximum Gasteiger partial charge on any atom is 0.437 e. The van der Waals surface area contributed by atoms with Crippen LogP contribution in [0.25, 0.3) is 11.5 Å². The highest BCUT2D eigenvalue weighted by Gasteiger charge is 2.14. The Bertz CT molecular complexity index is 843. The van der Waals surface area contributed by atoms with Crippen LogP contribution < -0.4 is 10.5 Å². The molecule has 1 heterocycles. The summed E-state index contributed by atoms with van der Waals surface area (Å²) in [7, 11) is 0. The number of hydrogen-bond donors (Lipinski definition) is 1. The Hall–Kier alpha value is -2.38. The summed E-state index contributed by atoms with van der Waals surface area (Å²) in [4.78, 5) is 11.8. The third-order valence-corrected chi connectivity index (χ3v) is 3.80. The van der Waals surface area contributed by atoms with E-state index in [1.165, 1.54) is 0 Å². The molecule has 0 saturated carbocycles. The lowest BCUT2D eigenvalue weighted by atomic mass is 10.2. The van der Waals surface area contributed by atoms with E-state index < -0.39 is 11.9 Å². The minimum Gasteiger partial charge on any atom is -0.491 e. The van der Waals surface area contributed by atoms with Crippen molar-refractivity contribution >= 4 is 15.9 Å². The summed E-state index contributed by atoms with van der Waals surface area (Å²) in [6.07, 6.45) is -0.889. The van der Waals surface area contributed by atoms with Crippen LogP contribution in [0.4, 0.5) is 0 Å². The SMILES string of the molecule is O=c1oc(-c2ccccc2)nn1CC(O)COc1ccc(Br)cc1. The molecule has 0 radical (unpaired) electrons. The van der Waals surface area contributed by atoms with Crippen molar-refractivity contribution in [2.24, 2.45) is 0 Å². The summed E-state index contributed by atoms with van der Waals surface area (Å²) >= 11 is 3.34. The van der Waals surface area contributed by atoms with Gasteiger partial charge in [0.1, 0.15) is 18.5 Å². The highest BCUT2D eigenvalue weighted by molar-refractivity contribution is 9.10. The van der Waals surface area contributed by atoms with Gasteiger partial charge in [-0.15, -0.1) is 5.10 Å². The third-order valence-electron chi connectivity index (χ3n) is 3.27. The maximum absolute atomic E-state index is 11.8. The first kappa shape index (κ1) is 16.5. The molecule has 124 valence electrons. The van der Waals surface area contributed by atoms with Crippen molar-refractivity contribution in [1.82, 2.24) is 9.78 Å². The molecule has 0 saturated heterocycles. The number of ether oxygens (including phenoxy) is 1. The van der Waals surface area contributed by atoms with E-state index in [2.05, 4.69) is 21.0 Å². The fraction of sp³-hybridized carbons (Fsp3) is 0.176. The molecular weight excluding hydrogens is 376 g/mol. The van der Waals surface area contributed by atoms with Crippen LogP contribution in [0.2, 0.25) is 0 Å². The molecule has 1 aromatic heterocycles. The molecule has 2 aromatic carbocycles.